The SMILES string of the molecule is CCCCC(CC)CNC(=O)C(C)CCCN. The fraction of sp³-hybridized carbons (Fsp3) is 0.929. The maximum absolute atomic E-state index is 11.8. The van der Waals surface area contributed by atoms with Crippen LogP contribution in [0.25, 0.3) is 0 Å². The zero-order chi connectivity index (χ0) is 13.1. The standard InChI is InChI=1S/C14H30N2O/c1-4-6-9-13(5-2)11-16-14(17)12(3)8-7-10-15/h12-13H,4-11,15H2,1-3H3,(H,16,17). The molecule has 0 aromatic rings. The molecule has 0 spiro atoms. The summed E-state index contributed by atoms with van der Waals surface area (Å²) in [4.78, 5) is 11.8. The first-order valence-corrected chi connectivity index (χ1v) is 7.13. The molecule has 0 aromatic heterocycles. The summed E-state index contributed by atoms with van der Waals surface area (Å²) in [6.07, 6.45) is 6.70. The molecule has 0 saturated heterocycles. The second-order valence-electron chi connectivity index (χ2n) is 4.99. The van der Waals surface area contributed by atoms with E-state index in [9.17, 15) is 4.79 Å². The van der Waals surface area contributed by atoms with E-state index in [1.165, 1.54) is 19.3 Å². The van der Waals surface area contributed by atoms with E-state index in [1.807, 2.05) is 6.92 Å². The smallest absolute Gasteiger partial charge is 0.222 e. The molecule has 2 atom stereocenters. The predicted molar refractivity (Wildman–Crippen MR) is 73.8 cm³/mol. The van der Waals surface area contributed by atoms with Crippen LogP contribution in [0, 0.1) is 11.8 Å². The van der Waals surface area contributed by atoms with Crippen LogP contribution in [0.3, 0.4) is 0 Å². The molecule has 3 heteroatoms. The molecule has 0 aliphatic rings. The monoisotopic (exact) mass is 242 g/mol. The Kier molecular flexibility index (Phi) is 10.2. The Labute approximate surface area is 107 Å². The molecule has 0 bridgehead atoms. The van der Waals surface area contributed by atoms with E-state index < -0.39 is 0 Å². The predicted octanol–water partition coefficient (Wildman–Crippen LogP) is 2.69. The summed E-state index contributed by atoms with van der Waals surface area (Å²) >= 11 is 0. The van der Waals surface area contributed by atoms with Gasteiger partial charge < -0.3 is 11.1 Å². The molecule has 0 radical (unpaired) electrons. The van der Waals surface area contributed by atoms with E-state index in [0.717, 1.165) is 25.8 Å². The topological polar surface area (TPSA) is 55.1 Å². The van der Waals surface area contributed by atoms with Gasteiger partial charge in [-0.25, -0.2) is 0 Å². The zero-order valence-electron chi connectivity index (χ0n) is 11.8. The lowest BCUT2D eigenvalue weighted by Crippen LogP contribution is -2.33. The Bertz CT molecular complexity index is 195. The van der Waals surface area contributed by atoms with Gasteiger partial charge in [0.1, 0.15) is 0 Å². The number of carbonyl (C=O) groups is 1. The number of nitrogens with one attached hydrogen (secondary N) is 1. The zero-order valence-corrected chi connectivity index (χ0v) is 11.8. The van der Waals surface area contributed by atoms with Crippen LogP contribution in [-0.2, 0) is 4.79 Å². The highest BCUT2D eigenvalue weighted by atomic mass is 16.1. The van der Waals surface area contributed by atoms with Crippen molar-refractivity contribution in [3.05, 3.63) is 0 Å². The number of nitrogens with two attached hydrogens (primary N) is 1. The van der Waals surface area contributed by atoms with Crippen molar-refractivity contribution in [1.82, 2.24) is 5.32 Å². The van der Waals surface area contributed by atoms with Crippen LogP contribution < -0.4 is 11.1 Å². The maximum atomic E-state index is 11.8. The lowest BCUT2D eigenvalue weighted by atomic mass is 9.98. The minimum absolute atomic E-state index is 0.0993. The second kappa shape index (κ2) is 10.6. The van der Waals surface area contributed by atoms with Gasteiger partial charge in [-0.15, -0.1) is 0 Å². The minimum atomic E-state index is 0.0993. The van der Waals surface area contributed by atoms with Crippen LogP contribution in [0.5, 0.6) is 0 Å². The highest BCUT2D eigenvalue weighted by molar-refractivity contribution is 5.78. The Hall–Kier alpha value is -0.570. The quantitative estimate of drug-likeness (QED) is 0.619. The van der Waals surface area contributed by atoms with Crippen molar-refractivity contribution in [2.24, 2.45) is 17.6 Å². The average Bonchev–Trinajstić information content (AvgIpc) is 2.35. The molecule has 17 heavy (non-hydrogen) atoms. The number of amides is 1. The van der Waals surface area contributed by atoms with Gasteiger partial charge in [-0.05, 0) is 31.7 Å². The summed E-state index contributed by atoms with van der Waals surface area (Å²) in [7, 11) is 0. The van der Waals surface area contributed by atoms with Crippen molar-refractivity contribution in [2.45, 2.75) is 59.3 Å². The molecule has 0 saturated carbocycles. The molecule has 0 heterocycles. The third-order valence-corrected chi connectivity index (χ3v) is 3.40. The molecule has 0 aliphatic carbocycles. The van der Waals surface area contributed by atoms with Crippen molar-refractivity contribution in [3.63, 3.8) is 0 Å². The molecule has 3 nitrogen and oxygen atoms in total. The lowest BCUT2D eigenvalue weighted by molar-refractivity contribution is -0.124. The van der Waals surface area contributed by atoms with E-state index in [-0.39, 0.29) is 11.8 Å². The van der Waals surface area contributed by atoms with Crippen molar-refractivity contribution in [3.8, 4) is 0 Å². The van der Waals surface area contributed by atoms with Gasteiger partial charge in [0.25, 0.3) is 0 Å². The molecule has 0 aliphatic heterocycles. The van der Waals surface area contributed by atoms with Crippen LogP contribution in [-0.4, -0.2) is 19.0 Å². The molecule has 0 fully saturated rings. The summed E-state index contributed by atoms with van der Waals surface area (Å²) in [5.74, 6) is 0.927. The normalized spacial score (nSPS) is 14.4. The average molecular weight is 242 g/mol. The molecular weight excluding hydrogens is 212 g/mol. The van der Waals surface area contributed by atoms with Crippen molar-refractivity contribution in [2.75, 3.05) is 13.1 Å². The molecule has 3 N–H and O–H groups in total. The third-order valence-electron chi connectivity index (χ3n) is 3.40. The summed E-state index contributed by atoms with van der Waals surface area (Å²) < 4.78 is 0. The van der Waals surface area contributed by atoms with E-state index in [2.05, 4.69) is 19.2 Å². The third kappa shape index (κ3) is 8.19. The van der Waals surface area contributed by atoms with E-state index in [0.29, 0.717) is 12.5 Å². The molecule has 0 rings (SSSR count). The maximum Gasteiger partial charge on any atom is 0.222 e. The molecule has 2 unspecified atom stereocenters. The summed E-state index contributed by atoms with van der Waals surface area (Å²) in [5.41, 5.74) is 5.44. The van der Waals surface area contributed by atoms with Gasteiger partial charge >= 0.3 is 0 Å². The number of rotatable bonds is 10. The van der Waals surface area contributed by atoms with Gasteiger partial charge in [-0.1, -0.05) is 40.0 Å². The fourth-order valence-corrected chi connectivity index (χ4v) is 1.92. The first kappa shape index (κ1) is 16.4. The lowest BCUT2D eigenvalue weighted by Gasteiger charge is -2.17. The highest BCUT2D eigenvalue weighted by Gasteiger charge is 2.13. The van der Waals surface area contributed by atoms with Crippen LogP contribution in [0.15, 0.2) is 0 Å². The van der Waals surface area contributed by atoms with E-state index in [4.69, 9.17) is 5.73 Å². The Morgan fingerprint density at radius 2 is 1.94 bits per heavy atom. The number of carbonyl (C=O) groups excluding carboxylic acids is 1. The van der Waals surface area contributed by atoms with E-state index >= 15 is 0 Å². The number of unbranched alkanes of at least 4 members (excludes halogenated alkanes) is 1. The van der Waals surface area contributed by atoms with Gasteiger partial charge in [0.2, 0.25) is 5.91 Å². The van der Waals surface area contributed by atoms with Crippen LogP contribution in [0.2, 0.25) is 0 Å². The highest BCUT2D eigenvalue weighted by Crippen LogP contribution is 2.12. The second-order valence-corrected chi connectivity index (χ2v) is 4.99. The van der Waals surface area contributed by atoms with Gasteiger partial charge in [0.05, 0.1) is 0 Å². The molecule has 1 amide bonds. The van der Waals surface area contributed by atoms with Crippen molar-refractivity contribution < 1.29 is 4.79 Å². The van der Waals surface area contributed by atoms with Gasteiger partial charge in [-0.2, -0.15) is 0 Å². The number of hydrogen-bond donors (Lipinski definition) is 2. The molecule has 0 aromatic carbocycles. The van der Waals surface area contributed by atoms with Crippen LogP contribution >= 0.6 is 0 Å². The molecule has 102 valence electrons. The van der Waals surface area contributed by atoms with Gasteiger partial charge in [-0.3, -0.25) is 4.79 Å². The first-order valence-electron chi connectivity index (χ1n) is 7.13. The van der Waals surface area contributed by atoms with Crippen LogP contribution in [0.4, 0.5) is 0 Å². The van der Waals surface area contributed by atoms with Crippen molar-refractivity contribution >= 4 is 5.91 Å². The Morgan fingerprint density at radius 3 is 2.47 bits per heavy atom. The summed E-state index contributed by atoms with van der Waals surface area (Å²) in [6.45, 7) is 7.90. The van der Waals surface area contributed by atoms with Crippen molar-refractivity contribution in [1.29, 1.82) is 0 Å². The Morgan fingerprint density at radius 1 is 1.24 bits per heavy atom. The summed E-state index contributed by atoms with van der Waals surface area (Å²) in [5, 5.41) is 3.07. The van der Waals surface area contributed by atoms with Gasteiger partial charge in [0, 0.05) is 12.5 Å². The number of hydrogen-bond acceptors (Lipinski definition) is 2. The largest absolute Gasteiger partial charge is 0.356 e. The van der Waals surface area contributed by atoms with Crippen LogP contribution in [0.1, 0.15) is 59.3 Å². The Balaban J connectivity index is 3.78. The minimum Gasteiger partial charge on any atom is -0.356 e. The van der Waals surface area contributed by atoms with Gasteiger partial charge in [0.15, 0.2) is 0 Å². The summed E-state index contributed by atoms with van der Waals surface area (Å²) in [6, 6.07) is 0. The first-order chi connectivity index (χ1) is 8.15. The molecular formula is C14H30N2O. The van der Waals surface area contributed by atoms with E-state index in [1.54, 1.807) is 0 Å². The fourth-order valence-electron chi connectivity index (χ4n) is 1.92.